The first kappa shape index (κ1) is 27.0. The van der Waals surface area contributed by atoms with Gasteiger partial charge in [-0.1, -0.05) is 12.1 Å². The summed E-state index contributed by atoms with van der Waals surface area (Å²) in [6.07, 6.45) is 1.54. The number of alkyl halides is 2. The van der Waals surface area contributed by atoms with Crippen LogP contribution in [0, 0.1) is 11.7 Å². The van der Waals surface area contributed by atoms with E-state index in [1.165, 1.54) is 12.1 Å². The van der Waals surface area contributed by atoms with E-state index >= 15 is 0 Å². The molecule has 208 valence electrons. The summed E-state index contributed by atoms with van der Waals surface area (Å²) in [6.45, 7) is 3.26. The molecule has 2 aromatic rings. The first-order valence-corrected chi connectivity index (χ1v) is 13.3. The molecule has 3 fully saturated rings. The van der Waals surface area contributed by atoms with Crippen LogP contribution in [0.2, 0.25) is 0 Å². The Morgan fingerprint density at radius 2 is 1.69 bits per heavy atom. The maximum Gasteiger partial charge on any atom is 0.319 e. The number of hydrogen-bond acceptors (Lipinski definition) is 4. The molecule has 4 amide bonds. The fourth-order valence-electron chi connectivity index (χ4n) is 4.87. The van der Waals surface area contributed by atoms with Crippen molar-refractivity contribution < 1.29 is 27.6 Å². The Morgan fingerprint density at radius 3 is 2.36 bits per heavy atom. The van der Waals surface area contributed by atoms with Crippen LogP contribution in [0.3, 0.4) is 0 Å². The highest BCUT2D eigenvalue weighted by atomic mass is 19.3. The van der Waals surface area contributed by atoms with Crippen molar-refractivity contribution in [3.8, 4) is 0 Å². The third-order valence-electron chi connectivity index (χ3n) is 7.39. The van der Waals surface area contributed by atoms with E-state index in [9.17, 15) is 27.6 Å². The maximum absolute atomic E-state index is 14.6. The zero-order valence-corrected chi connectivity index (χ0v) is 21.5. The topological polar surface area (TPSA) is 93.8 Å². The molecule has 1 heterocycles. The number of rotatable bonds is 8. The number of carbonyl (C=O) groups is 3. The summed E-state index contributed by atoms with van der Waals surface area (Å²) < 4.78 is 40.7. The SMILES string of the molecule is O=C(NCC1CC1)Nc1ccc(C(=O)N2CCN(Cc3cccc(C(=O)NC4CC(F)(F)C4)c3)CC2)cc1F. The summed E-state index contributed by atoms with van der Waals surface area (Å²) in [5, 5.41) is 7.85. The molecule has 5 rings (SSSR count). The predicted octanol–water partition coefficient (Wildman–Crippen LogP) is 3.84. The highest BCUT2D eigenvalue weighted by molar-refractivity contribution is 5.96. The summed E-state index contributed by atoms with van der Waals surface area (Å²) in [7, 11) is 0. The minimum absolute atomic E-state index is 0.0196. The van der Waals surface area contributed by atoms with Crippen LogP contribution in [0.15, 0.2) is 42.5 Å². The van der Waals surface area contributed by atoms with E-state index in [1.54, 1.807) is 23.1 Å². The molecule has 0 unspecified atom stereocenters. The monoisotopic (exact) mass is 543 g/mol. The van der Waals surface area contributed by atoms with Gasteiger partial charge in [0.1, 0.15) is 5.82 Å². The summed E-state index contributed by atoms with van der Waals surface area (Å²) >= 11 is 0. The van der Waals surface area contributed by atoms with Gasteiger partial charge in [0.25, 0.3) is 17.7 Å². The predicted molar refractivity (Wildman–Crippen MR) is 139 cm³/mol. The molecule has 0 spiro atoms. The summed E-state index contributed by atoms with van der Waals surface area (Å²) in [4.78, 5) is 41.2. The molecular formula is C28H32F3N5O3. The van der Waals surface area contributed by atoms with Crippen LogP contribution in [0.4, 0.5) is 23.7 Å². The van der Waals surface area contributed by atoms with Gasteiger partial charge in [-0.2, -0.15) is 0 Å². The average Bonchev–Trinajstić information content (AvgIpc) is 3.72. The lowest BCUT2D eigenvalue weighted by Crippen LogP contribution is -2.50. The van der Waals surface area contributed by atoms with Crippen molar-refractivity contribution in [3.63, 3.8) is 0 Å². The molecule has 2 aliphatic carbocycles. The lowest BCUT2D eigenvalue weighted by molar-refractivity contribution is -0.0901. The highest BCUT2D eigenvalue weighted by Gasteiger charge is 2.46. The maximum atomic E-state index is 14.6. The van der Waals surface area contributed by atoms with Gasteiger partial charge in [0.2, 0.25) is 0 Å². The molecule has 2 aromatic carbocycles. The van der Waals surface area contributed by atoms with Crippen LogP contribution in [0.25, 0.3) is 0 Å². The molecule has 0 atom stereocenters. The molecular weight excluding hydrogens is 511 g/mol. The van der Waals surface area contributed by atoms with E-state index in [0.29, 0.717) is 50.7 Å². The Balaban J connectivity index is 1.09. The Labute approximate surface area is 224 Å². The van der Waals surface area contributed by atoms with E-state index in [4.69, 9.17) is 0 Å². The molecule has 1 aliphatic heterocycles. The Morgan fingerprint density at radius 1 is 0.949 bits per heavy atom. The highest BCUT2D eigenvalue weighted by Crippen LogP contribution is 2.37. The molecule has 8 nitrogen and oxygen atoms in total. The van der Waals surface area contributed by atoms with Crippen molar-refractivity contribution in [1.82, 2.24) is 20.4 Å². The van der Waals surface area contributed by atoms with Gasteiger partial charge in [0.05, 0.1) is 5.69 Å². The van der Waals surface area contributed by atoms with Crippen LogP contribution >= 0.6 is 0 Å². The molecule has 2 saturated carbocycles. The third-order valence-corrected chi connectivity index (χ3v) is 7.39. The molecule has 1 saturated heterocycles. The molecule has 3 aliphatic rings. The number of nitrogens with zero attached hydrogens (tertiary/aromatic N) is 2. The van der Waals surface area contributed by atoms with Gasteiger partial charge in [-0.15, -0.1) is 0 Å². The molecule has 0 bridgehead atoms. The van der Waals surface area contributed by atoms with Crippen molar-refractivity contribution in [2.24, 2.45) is 5.92 Å². The molecule has 39 heavy (non-hydrogen) atoms. The van der Waals surface area contributed by atoms with Gasteiger partial charge < -0.3 is 20.9 Å². The number of nitrogens with one attached hydrogen (secondary N) is 3. The second kappa shape index (κ2) is 11.3. The van der Waals surface area contributed by atoms with Gasteiger partial charge in [-0.3, -0.25) is 14.5 Å². The van der Waals surface area contributed by atoms with Crippen LogP contribution < -0.4 is 16.0 Å². The fourth-order valence-corrected chi connectivity index (χ4v) is 4.87. The van der Waals surface area contributed by atoms with Gasteiger partial charge in [-0.25, -0.2) is 18.0 Å². The van der Waals surface area contributed by atoms with Crippen molar-refractivity contribution in [1.29, 1.82) is 0 Å². The Hall–Kier alpha value is -3.60. The zero-order valence-electron chi connectivity index (χ0n) is 21.5. The smallest absolute Gasteiger partial charge is 0.319 e. The van der Waals surface area contributed by atoms with Crippen LogP contribution in [0.5, 0.6) is 0 Å². The molecule has 0 aromatic heterocycles. The average molecular weight is 544 g/mol. The fraction of sp³-hybridized carbons (Fsp3) is 0.464. The van der Waals surface area contributed by atoms with Crippen molar-refractivity contribution in [2.75, 3.05) is 38.0 Å². The number of hydrogen-bond donors (Lipinski definition) is 3. The van der Waals surface area contributed by atoms with Crippen LogP contribution in [0.1, 0.15) is 52.0 Å². The third kappa shape index (κ3) is 7.08. The normalized spacial score (nSPS) is 19.2. The first-order chi connectivity index (χ1) is 18.6. The zero-order chi connectivity index (χ0) is 27.6. The van der Waals surface area contributed by atoms with E-state index < -0.39 is 23.8 Å². The number of halogens is 3. The lowest BCUT2D eigenvalue weighted by atomic mass is 9.88. The minimum atomic E-state index is -2.69. The summed E-state index contributed by atoms with van der Waals surface area (Å²) in [6, 6.07) is 10.2. The van der Waals surface area contributed by atoms with Crippen molar-refractivity contribution >= 4 is 23.5 Å². The lowest BCUT2D eigenvalue weighted by Gasteiger charge is -2.35. The second-order valence-electron chi connectivity index (χ2n) is 10.7. The standard InChI is InChI=1S/C28H32F3N5O3/c29-23-13-21(6-7-24(23)34-27(39)32-16-18-4-5-18)26(38)36-10-8-35(9-11-36)17-19-2-1-3-20(12-19)25(37)33-22-14-28(30,31)15-22/h1-3,6-7,12-13,18,22H,4-5,8-11,14-17H2,(H,33,37)(H2,32,34,39). The number of amides is 4. The molecule has 11 heteroatoms. The molecule has 3 N–H and O–H groups in total. The second-order valence-corrected chi connectivity index (χ2v) is 10.7. The quantitative estimate of drug-likeness (QED) is 0.472. The van der Waals surface area contributed by atoms with Gasteiger partial charge >= 0.3 is 6.03 Å². The minimum Gasteiger partial charge on any atom is -0.349 e. The summed E-state index contributed by atoms with van der Waals surface area (Å²) in [5.41, 5.74) is 1.57. The number of benzene rings is 2. The van der Waals surface area contributed by atoms with E-state index in [1.807, 2.05) is 6.07 Å². The summed E-state index contributed by atoms with van der Waals surface area (Å²) in [5.74, 6) is -3.49. The molecule has 0 radical (unpaired) electrons. The number of piperazine rings is 1. The largest absolute Gasteiger partial charge is 0.349 e. The number of urea groups is 1. The van der Waals surface area contributed by atoms with Gasteiger partial charge in [-0.05, 0) is 54.7 Å². The van der Waals surface area contributed by atoms with Crippen molar-refractivity contribution in [2.45, 2.75) is 44.2 Å². The number of anilines is 1. The van der Waals surface area contributed by atoms with E-state index in [0.717, 1.165) is 24.5 Å². The Kier molecular flexibility index (Phi) is 7.79. The van der Waals surface area contributed by atoms with E-state index in [-0.39, 0.29) is 35.9 Å². The van der Waals surface area contributed by atoms with Gasteiger partial charge in [0.15, 0.2) is 0 Å². The van der Waals surface area contributed by atoms with Crippen molar-refractivity contribution in [3.05, 3.63) is 65.0 Å². The van der Waals surface area contributed by atoms with Crippen LogP contribution in [-0.4, -0.2) is 72.3 Å². The van der Waals surface area contributed by atoms with Crippen LogP contribution in [-0.2, 0) is 6.54 Å². The van der Waals surface area contributed by atoms with Gasteiger partial charge in [0, 0.05) is 69.3 Å². The first-order valence-electron chi connectivity index (χ1n) is 13.3. The Bertz CT molecular complexity index is 1240. The number of carbonyl (C=O) groups excluding carboxylic acids is 3. The van der Waals surface area contributed by atoms with E-state index in [2.05, 4.69) is 20.9 Å².